The summed E-state index contributed by atoms with van der Waals surface area (Å²) in [5.41, 5.74) is 3.78. The van der Waals surface area contributed by atoms with E-state index in [1.54, 1.807) is 0 Å². The number of pyridine rings is 1. The van der Waals surface area contributed by atoms with Crippen LogP contribution in [0.2, 0.25) is 5.02 Å². The number of nitrogens with two attached hydrogens (primary N) is 1. The van der Waals surface area contributed by atoms with E-state index in [-0.39, 0.29) is 38.6 Å². The summed E-state index contributed by atoms with van der Waals surface area (Å²) in [4.78, 5) is 24.4. The third-order valence-electron chi connectivity index (χ3n) is 4.87. The molecule has 0 atom stereocenters. The number of carboxylic acids is 1. The van der Waals surface area contributed by atoms with Crippen molar-refractivity contribution >= 4 is 39.8 Å². The van der Waals surface area contributed by atoms with Crippen LogP contribution in [0.4, 0.5) is 20.2 Å². The number of ether oxygens (including phenoxy) is 1. The van der Waals surface area contributed by atoms with Crippen LogP contribution >= 0.6 is 11.6 Å². The van der Waals surface area contributed by atoms with E-state index >= 15 is 0 Å². The summed E-state index contributed by atoms with van der Waals surface area (Å²) in [7, 11) is 1.52. The second-order valence-corrected chi connectivity index (χ2v) is 7.30. The largest absolute Gasteiger partial charge is 0.477 e. The highest BCUT2D eigenvalue weighted by atomic mass is 35.5. The summed E-state index contributed by atoms with van der Waals surface area (Å²) in [6.45, 7) is 0.101. The highest BCUT2D eigenvalue weighted by Crippen LogP contribution is 2.35. The van der Waals surface area contributed by atoms with Crippen LogP contribution in [0.1, 0.15) is 22.3 Å². The predicted molar refractivity (Wildman–Crippen MR) is 117 cm³/mol. The van der Waals surface area contributed by atoms with E-state index < -0.39 is 35.2 Å². The van der Waals surface area contributed by atoms with Crippen molar-refractivity contribution in [3.05, 3.63) is 62.4 Å². The molecule has 0 bridgehead atoms. The molecule has 1 aromatic heterocycles. The molecule has 0 aliphatic carbocycles. The van der Waals surface area contributed by atoms with E-state index in [1.165, 1.54) is 17.7 Å². The average molecular weight is 468 g/mol. The summed E-state index contributed by atoms with van der Waals surface area (Å²) >= 11 is 6.48. The minimum atomic E-state index is -1.55. The van der Waals surface area contributed by atoms with Crippen LogP contribution in [-0.2, 0) is 11.3 Å². The molecule has 3 aromatic rings. The summed E-state index contributed by atoms with van der Waals surface area (Å²) in [6.07, 6.45) is 1.52. The fourth-order valence-corrected chi connectivity index (χ4v) is 3.67. The zero-order valence-electron chi connectivity index (χ0n) is 16.9. The highest BCUT2D eigenvalue weighted by molar-refractivity contribution is 6.38. The van der Waals surface area contributed by atoms with Gasteiger partial charge in [-0.25, -0.2) is 13.6 Å². The Kier molecular flexibility index (Phi) is 6.97. The molecule has 5 N–H and O–H groups in total. The molecule has 0 unspecified atom stereocenters. The minimum absolute atomic E-state index is 0.0296. The maximum Gasteiger partial charge on any atom is 0.341 e. The maximum atomic E-state index is 14.8. The number of anilines is 2. The standard InChI is InChI=1S/C21H20ClF2N3O5/c1-32-4-2-3-26-18-14(24)6-11-19(17(18)22)27(8-12(20(11)29)21(30)31)16-7-15(25)13(23)5-10(16)9-28/h5-8,26,28H,2-4,9,25H2,1H3,(H,30,31). The van der Waals surface area contributed by atoms with Crippen molar-refractivity contribution in [3.63, 3.8) is 0 Å². The number of nitrogens with zero attached hydrogens (tertiary/aromatic N) is 1. The number of aliphatic hydroxyl groups is 1. The molecule has 32 heavy (non-hydrogen) atoms. The molecular formula is C21H20ClF2N3O5. The minimum Gasteiger partial charge on any atom is -0.477 e. The van der Waals surface area contributed by atoms with Gasteiger partial charge in [0, 0.05) is 32.0 Å². The fourth-order valence-electron chi connectivity index (χ4n) is 3.32. The Hall–Kier alpha value is -3.21. The molecule has 11 heteroatoms. The normalized spacial score (nSPS) is 11.2. The Bertz CT molecular complexity index is 1260. The van der Waals surface area contributed by atoms with Gasteiger partial charge < -0.3 is 30.6 Å². The summed E-state index contributed by atoms with van der Waals surface area (Å²) in [6, 6.07) is 3.04. The van der Waals surface area contributed by atoms with Gasteiger partial charge in [-0.3, -0.25) is 4.79 Å². The number of aromatic nitrogens is 1. The molecule has 170 valence electrons. The molecular weight excluding hydrogens is 448 g/mol. The van der Waals surface area contributed by atoms with Crippen LogP contribution in [-0.4, -0.2) is 41.0 Å². The molecule has 0 saturated carbocycles. The van der Waals surface area contributed by atoms with E-state index in [1.807, 2.05) is 0 Å². The van der Waals surface area contributed by atoms with Crippen molar-refractivity contribution in [3.8, 4) is 5.69 Å². The highest BCUT2D eigenvalue weighted by Gasteiger charge is 2.23. The molecule has 0 aliphatic heterocycles. The zero-order chi connectivity index (χ0) is 23.6. The van der Waals surface area contributed by atoms with Crippen LogP contribution < -0.4 is 16.5 Å². The zero-order valence-corrected chi connectivity index (χ0v) is 17.7. The first kappa shape index (κ1) is 23.5. The van der Waals surface area contributed by atoms with Gasteiger partial charge in [0.05, 0.1) is 39.6 Å². The first-order chi connectivity index (χ1) is 15.2. The number of aromatic carboxylic acids is 1. The lowest BCUT2D eigenvalue weighted by atomic mass is 10.1. The lowest BCUT2D eigenvalue weighted by Crippen LogP contribution is -2.20. The third kappa shape index (κ3) is 4.24. The van der Waals surface area contributed by atoms with Crippen molar-refractivity contribution < 1.29 is 28.5 Å². The average Bonchev–Trinajstić information content (AvgIpc) is 2.75. The molecule has 0 saturated heterocycles. The molecule has 8 nitrogen and oxygen atoms in total. The lowest BCUT2D eigenvalue weighted by Gasteiger charge is -2.19. The van der Waals surface area contributed by atoms with E-state index in [2.05, 4.69) is 5.32 Å². The van der Waals surface area contributed by atoms with E-state index in [0.717, 1.165) is 18.3 Å². The Morgan fingerprint density at radius 3 is 2.62 bits per heavy atom. The van der Waals surface area contributed by atoms with Crippen molar-refractivity contribution in [2.45, 2.75) is 13.0 Å². The number of nitrogens with one attached hydrogen (secondary N) is 1. The van der Waals surface area contributed by atoms with Gasteiger partial charge >= 0.3 is 5.97 Å². The van der Waals surface area contributed by atoms with Gasteiger partial charge in [0.15, 0.2) is 0 Å². The lowest BCUT2D eigenvalue weighted by molar-refractivity contribution is 0.0695. The van der Waals surface area contributed by atoms with Crippen LogP contribution in [0.5, 0.6) is 0 Å². The second-order valence-electron chi connectivity index (χ2n) is 6.92. The van der Waals surface area contributed by atoms with Crippen molar-refractivity contribution in [2.24, 2.45) is 0 Å². The van der Waals surface area contributed by atoms with Gasteiger partial charge in [0.1, 0.15) is 17.2 Å². The first-order valence-corrected chi connectivity index (χ1v) is 9.81. The van der Waals surface area contributed by atoms with Gasteiger partial charge in [-0.15, -0.1) is 0 Å². The van der Waals surface area contributed by atoms with Crippen LogP contribution in [0.3, 0.4) is 0 Å². The molecule has 0 radical (unpaired) electrons. The van der Waals surface area contributed by atoms with Gasteiger partial charge in [-0.2, -0.15) is 0 Å². The molecule has 0 spiro atoms. The third-order valence-corrected chi connectivity index (χ3v) is 5.23. The van der Waals surface area contributed by atoms with E-state index in [0.29, 0.717) is 19.6 Å². The molecule has 2 aromatic carbocycles. The quantitative estimate of drug-likeness (QED) is 0.296. The summed E-state index contributed by atoms with van der Waals surface area (Å²) in [5.74, 6) is -3.20. The number of benzene rings is 2. The number of nitrogen functional groups attached to an aromatic ring is 1. The number of methoxy groups -OCH3 is 1. The van der Waals surface area contributed by atoms with E-state index in [4.69, 9.17) is 22.1 Å². The van der Waals surface area contributed by atoms with Crippen LogP contribution in [0.25, 0.3) is 16.6 Å². The van der Waals surface area contributed by atoms with Crippen molar-refractivity contribution in [1.82, 2.24) is 4.57 Å². The van der Waals surface area contributed by atoms with Gasteiger partial charge in [-0.05, 0) is 24.6 Å². The number of aliphatic hydroxyl groups excluding tert-OH is 1. The van der Waals surface area contributed by atoms with Crippen molar-refractivity contribution in [2.75, 3.05) is 31.3 Å². The Morgan fingerprint density at radius 2 is 2.00 bits per heavy atom. The first-order valence-electron chi connectivity index (χ1n) is 9.43. The molecule has 1 heterocycles. The monoisotopic (exact) mass is 467 g/mol. The summed E-state index contributed by atoms with van der Waals surface area (Å²) in [5, 5.41) is 21.5. The van der Waals surface area contributed by atoms with Crippen LogP contribution in [0, 0.1) is 11.6 Å². The van der Waals surface area contributed by atoms with Gasteiger partial charge in [0.25, 0.3) is 0 Å². The number of carboxylic acid groups (broad SMARTS) is 1. The Labute approximate surface area is 185 Å². The maximum absolute atomic E-state index is 14.8. The number of halogens is 3. The number of hydrogen-bond acceptors (Lipinski definition) is 6. The van der Waals surface area contributed by atoms with Crippen molar-refractivity contribution in [1.29, 1.82) is 0 Å². The molecule has 3 rings (SSSR count). The van der Waals surface area contributed by atoms with Gasteiger partial charge in [0.2, 0.25) is 5.43 Å². The molecule has 0 amide bonds. The van der Waals surface area contributed by atoms with Crippen LogP contribution in [0.15, 0.2) is 29.2 Å². The molecule has 0 aliphatic rings. The molecule has 0 fully saturated rings. The smallest absolute Gasteiger partial charge is 0.341 e. The predicted octanol–water partition coefficient (Wildman–Crippen LogP) is 3.14. The van der Waals surface area contributed by atoms with Gasteiger partial charge in [-0.1, -0.05) is 11.6 Å². The number of carbonyl (C=O) groups is 1. The Morgan fingerprint density at radius 1 is 1.28 bits per heavy atom. The number of rotatable bonds is 8. The SMILES string of the molecule is COCCCNc1c(F)cc2c(=O)c(C(=O)O)cn(-c3cc(N)c(F)cc3CO)c2c1Cl. The topological polar surface area (TPSA) is 127 Å². The summed E-state index contributed by atoms with van der Waals surface area (Å²) < 4.78 is 34.9. The fraction of sp³-hybridized carbons (Fsp3) is 0.238. The number of fused-ring (bicyclic) bond motifs is 1. The second kappa shape index (κ2) is 9.51. The number of hydrogen-bond donors (Lipinski definition) is 4. The Balaban J connectivity index is 2.39. The van der Waals surface area contributed by atoms with E-state index in [9.17, 15) is 28.6 Å².